The monoisotopic (exact) mass is 235 g/mol. The van der Waals surface area contributed by atoms with Crippen LogP contribution in [0.2, 0.25) is 0 Å². The summed E-state index contributed by atoms with van der Waals surface area (Å²) in [4.78, 5) is 16.4. The first-order chi connectivity index (χ1) is 8.83. The van der Waals surface area contributed by atoms with Crippen molar-refractivity contribution in [1.82, 2.24) is 4.98 Å². The Bertz CT molecular complexity index is 539. The maximum atomic E-state index is 12.1. The molecule has 0 aliphatic heterocycles. The van der Waals surface area contributed by atoms with E-state index in [1.165, 1.54) is 0 Å². The predicted molar refractivity (Wildman–Crippen MR) is 71.0 cm³/mol. The van der Waals surface area contributed by atoms with Crippen LogP contribution in [0.3, 0.4) is 0 Å². The molecule has 0 aliphatic carbocycles. The summed E-state index contributed by atoms with van der Waals surface area (Å²) in [6, 6.07) is 15.2. The molecule has 0 saturated heterocycles. The summed E-state index contributed by atoms with van der Waals surface area (Å²) in [5, 5.41) is 0. The highest BCUT2D eigenvalue weighted by molar-refractivity contribution is 6.02. The highest BCUT2D eigenvalue weighted by atomic mass is 16.1. The van der Waals surface area contributed by atoms with E-state index in [4.69, 9.17) is 0 Å². The zero-order valence-electron chi connectivity index (χ0n) is 10.1. The lowest BCUT2D eigenvalue weighted by Crippen LogP contribution is -2.13. The van der Waals surface area contributed by atoms with E-state index < -0.39 is 5.92 Å². The number of carbonyl (C=O) groups is 1. The number of ketones is 1. The summed E-state index contributed by atoms with van der Waals surface area (Å²) in [7, 11) is 0. The SMILES string of the molecule is CC#CC(=O)C(c1ccccc1)c1ccccn1. The second kappa shape index (κ2) is 5.79. The van der Waals surface area contributed by atoms with E-state index in [0.29, 0.717) is 0 Å². The van der Waals surface area contributed by atoms with Crippen molar-refractivity contribution in [2.75, 3.05) is 0 Å². The van der Waals surface area contributed by atoms with Gasteiger partial charge in [0.25, 0.3) is 0 Å². The van der Waals surface area contributed by atoms with E-state index in [1.54, 1.807) is 13.1 Å². The Kier molecular flexibility index (Phi) is 3.88. The largest absolute Gasteiger partial charge is 0.284 e. The Labute approximate surface area is 107 Å². The molecule has 0 saturated carbocycles. The van der Waals surface area contributed by atoms with Crippen molar-refractivity contribution in [2.45, 2.75) is 12.8 Å². The number of hydrogen-bond donors (Lipinski definition) is 0. The van der Waals surface area contributed by atoms with Crippen molar-refractivity contribution in [3.05, 3.63) is 66.0 Å². The fourth-order valence-electron chi connectivity index (χ4n) is 1.84. The Morgan fingerprint density at radius 2 is 1.83 bits per heavy atom. The lowest BCUT2D eigenvalue weighted by atomic mass is 9.91. The Morgan fingerprint density at radius 1 is 1.11 bits per heavy atom. The van der Waals surface area contributed by atoms with Crippen LogP contribution in [-0.4, -0.2) is 10.8 Å². The second-order valence-electron chi connectivity index (χ2n) is 3.84. The molecule has 1 aromatic heterocycles. The van der Waals surface area contributed by atoms with E-state index in [2.05, 4.69) is 16.8 Å². The highest BCUT2D eigenvalue weighted by Gasteiger charge is 2.21. The molecule has 0 amide bonds. The van der Waals surface area contributed by atoms with Gasteiger partial charge in [0.15, 0.2) is 0 Å². The Morgan fingerprint density at radius 3 is 2.44 bits per heavy atom. The summed E-state index contributed by atoms with van der Waals surface area (Å²) < 4.78 is 0. The van der Waals surface area contributed by atoms with Gasteiger partial charge in [0, 0.05) is 6.20 Å². The molecule has 0 spiro atoms. The first kappa shape index (κ1) is 12.1. The van der Waals surface area contributed by atoms with Crippen molar-refractivity contribution >= 4 is 5.78 Å². The van der Waals surface area contributed by atoms with Gasteiger partial charge in [0.2, 0.25) is 5.78 Å². The predicted octanol–water partition coefficient (Wildman–Crippen LogP) is 2.81. The van der Waals surface area contributed by atoms with Crippen molar-refractivity contribution < 1.29 is 4.79 Å². The molecule has 0 bridgehead atoms. The quantitative estimate of drug-likeness (QED) is 0.605. The number of benzene rings is 1. The molecule has 0 radical (unpaired) electrons. The molecule has 2 aromatic rings. The molecule has 1 unspecified atom stereocenters. The van der Waals surface area contributed by atoms with Crippen molar-refractivity contribution in [1.29, 1.82) is 0 Å². The molecule has 18 heavy (non-hydrogen) atoms. The van der Waals surface area contributed by atoms with E-state index in [-0.39, 0.29) is 5.78 Å². The number of pyridine rings is 1. The van der Waals surface area contributed by atoms with Crippen molar-refractivity contribution in [2.24, 2.45) is 0 Å². The number of hydrogen-bond acceptors (Lipinski definition) is 2. The summed E-state index contributed by atoms with van der Waals surface area (Å²) in [5.41, 5.74) is 1.65. The van der Waals surface area contributed by atoms with E-state index in [9.17, 15) is 4.79 Å². The molecule has 1 atom stereocenters. The van der Waals surface area contributed by atoms with Gasteiger partial charge in [0.1, 0.15) is 0 Å². The van der Waals surface area contributed by atoms with Crippen LogP contribution in [0, 0.1) is 11.8 Å². The van der Waals surface area contributed by atoms with Gasteiger partial charge in [-0.3, -0.25) is 9.78 Å². The smallest absolute Gasteiger partial charge is 0.218 e. The van der Waals surface area contributed by atoms with Gasteiger partial charge in [-0.15, -0.1) is 0 Å². The van der Waals surface area contributed by atoms with Gasteiger partial charge >= 0.3 is 0 Å². The van der Waals surface area contributed by atoms with Gasteiger partial charge in [0.05, 0.1) is 11.6 Å². The number of Topliss-reactive ketones (excluding diaryl/α,β-unsaturated/α-hetero) is 1. The fraction of sp³-hybridized carbons (Fsp3) is 0.125. The van der Waals surface area contributed by atoms with Crippen LogP contribution in [-0.2, 0) is 4.79 Å². The third-order valence-electron chi connectivity index (χ3n) is 2.63. The standard InChI is InChI=1S/C16H13NO/c1-2-8-15(18)16(13-9-4-3-5-10-13)14-11-6-7-12-17-14/h3-7,9-12,16H,1H3. The minimum Gasteiger partial charge on any atom is -0.284 e. The van der Waals surface area contributed by atoms with Crippen molar-refractivity contribution in [3.63, 3.8) is 0 Å². The molecule has 2 heteroatoms. The van der Waals surface area contributed by atoms with Crippen LogP contribution in [0.5, 0.6) is 0 Å². The first-order valence-electron chi connectivity index (χ1n) is 5.75. The van der Waals surface area contributed by atoms with Crippen LogP contribution in [0.4, 0.5) is 0 Å². The summed E-state index contributed by atoms with van der Waals surface area (Å²) in [5.74, 6) is 4.75. The first-order valence-corrected chi connectivity index (χ1v) is 5.75. The molecular formula is C16H13NO. The number of aromatic nitrogens is 1. The third kappa shape index (κ3) is 2.64. The van der Waals surface area contributed by atoms with Crippen LogP contribution in [0.15, 0.2) is 54.7 Å². The number of nitrogens with zero attached hydrogens (tertiary/aromatic N) is 1. The molecule has 88 valence electrons. The zero-order valence-corrected chi connectivity index (χ0v) is 10.1. The average Bonchev–Trinajstić information content (AvgIpc) is 2.42. The van der Waals surface area contributed by atoms with Gasteiger partial charge in [-0.2, -0.15) is 0 Å². The summed E-state index contributed by atoms with van der Waals surface area (Å²) in [6.45, 7) is 1.67. The molecule has 1 heterocycles. The molecule has 0 fully saturated rings. The minimum absolute atomic E-state index is 0.123. The zero-order chi connectivity index (χ0) is 12.8. The van der Waals surface area contributed by atoms with Gasteiger partial charge in [-0.05, 0) is 30.5 Å². The lowest BCUT2D eigenvalue weighted by molar-refractivity contribution is -0.114. The van der Waals surface area contributed by atoms with Gasteiger partial charge in [-0.1, -0.05) is 42.3 Å². The molecule has 1 aromatic carbocycles. The van der Waals surface area contributed by atoms with E-state index >= 15 is 0 Å². The molecule has 0 N–H and O–H groups in total. The lowest BCUT2D eigenvalue weighted by Gasteiger charge is -2.12. The Balaban J connectivity index is 2.47. The molecule has 0 aliphatic rings. The number of rotatable bonds is 3. The van der Waals surface area contributed by atoms with E-state index in [0.717, 1.165) is 11.3 Å². The summed E-state index contributed by atoms with van der Waals surface area (Å²) in [6.07, 6.45) is 1.69. The normalized spacial score (nSPS) is 11.2. The molecule has 2 nitrogen and oxygen atoms in total. The third-order valence-corrected chi connectivity index (χ3v) is 2.63. The van der Waals surface area contributed by atoms with Crippen molar-refractivity contribution in [3.8, 4) is 11.8 Å². The Hall–Kier alpha value is -2.40. The van der Waals surface area contributed by atoms with Crippen LogP contribution < -0.4 is 0 Å². The summed E-state index contributed by atoms with van der Waals surface area (Å²) >= 11 is 0. The van der Waals surface area contributed by atoms with Gasteiger partial charge < -0.3 is 0 Å². The molecule has 2 rings (SSSR count). The van der Waals surface area contributed by atoms with Crippen LogP contribution in [0.1, 0.15) is 24.1 Å². The topological polar surface area (TPSA) is 30.0 Å². The minimum atomic E-state index is -0.403. The fourth-order valence-corrected chi connectivity index (χ4v) is 1.84. The highest BCUT2D eigenvalue weighted by Crippen LogP contribution is 2.23. The maximum Gasteiger partial charge on any atom is 0.218 e. The maximum absolute atomic E-state index is 12.1. The van der Waals surface area contributed by atoms with Crippen LogP contribution in [0.25, 0.3) is 0 Å². The number of carbonyl (C=O) groups excluding carboxylic acids is 1. The van der Waals surface area contributed by atoms with Crippen LogP contribution >= 0.6 is 0 Å². The van der Waals surface area contributed by atoms with Gasteiger partial charge in [-0.25, -0.2) is 0 Å². The average molecular weight is 235 g/mol. The second-order valence-corrected chi connectivity index (χ2v) is 3.84. The molecular weight excluding hydrogens is 222 g/mol. The van der Waals surface area contributed by atoms with E-state index in [1.807, 2.05) is 48.5 Å².